The molecule has 0 heterocycles. The van der Waals surface area contributed by atoms with Crippen LogP contribution in [-0.4, -0.2) is 20.5 Å². The number of carbonyl (C=O) groups is 1. The number of non-ortho nitro benzene ring substituents is 1. The number of alkyl halides is 2. The number of ether oxygens (including phenoxy) is 1. The first kappa shape index (κ1) is 17.8. The van der Waals surface area contributed by atoms with E-state index in [0.717, 1.165) is 18.2 Å². The molecule has 0 fully saturated rings. The molecule has 2 rings (SSSR count). The molecule has 9 heteroatoms. The fraction of sp³-hybridized carbons (Fsp3) is 0.133. The van der Waals surface area contributed by atoms with Gasteiger partial charge in [0.2, 0.25) is 0 Å². The molecule has 2 aromatic carbocycles. The van der Waals surface area contributed by atoms with Gasteiger partial charge in [-0.25, -0.2) is 4.79 Å². The van der Waals surface area contributed by atoms with Crippen molar-refractivity contribution in [3.63, 3.8) is 0 Å². The number of nitrogens with zero attached hydrogens (tertiary/aromatic N) is 1. The summed E-state index contributed by atoms with van der Waals surface area (Å²) in [5, 5.41) is 23.3. The third-order valence-electron chi connectivity index (χ3n) is 2.85. The van der Waals surface area contributed by atoms with Crippen LogP contribution >= 0.6 is 23.2 Å². The molecule has 0 radical (unpaired) electrons. The van der Waals surface area contributed by atoms with Crippen molar-refractivity contribution in [2.24, 2.45) is 0 Å². The zero-order chi connectivity index (χ0) is 17.9. The number of hydrogen-bond donors (Lipinski definition) is 2. The summed E-state index contributed by atoms with van der Waals surface area (Å²) in [5.41, 5.74) is -0.345. The van der Waals surface area contributed by atoms with Crippen molar-refractivity contribution in [3.8, 4) is 11.5 Å². The van der Waals surface area contributed by atoms with Gasteiger partial charge in [0, 0.05) is 12.1 Å². The lowest BCUT2D eigenvalue weighted by atomic mass is 10.2. The molecule has 0 amide bonds. The van der Waals surface area contributed by atoms with E-state index in [1.54, 1.807) is 18.2 Å². The zero-order valence-electron chi connectivity index (χ0n) is 12.3. The van der Waals surface area contributed by atoms with E-state index in [9.17, 15) is 20.0 Å². The Balaban J connectivity index is 2.31. The molecule has 0 saturated carbocycles. The van der Waals surface area contributed by atoms with Crippen LogP contribution in [0.4, 0.5) is 11.4 Å². The van der Waals surface area contributed by atoms with Crippen LogP contribution < -0.4 is 10.1 Å². The second-order valence-corrected chi connectivity index (χ2v) is 6.56. The van der Waals surface area contributed by atoms with Gasteiger partial charge in [-0.2, -0.15) is 0 Å². The molecule has 0 saturated heterocycles. The molecule has 0 spiro atoms. The number of anilines is 1. The van der Waals surface area contributed by atoms with Gasteiger partial charge in [-0.1, -0.05) is 35.3 Å². The summed E-state index contributed by atoms with van der Waals surface area (Å²) in [6.07, 6.45) is 0. The number of para-hydroxylation sites is 2. The normalized spacial score (nSPS) is 11.0. The van der Waals surface area contributed by atoms with Crippen molar-refractivity contribution in [3.05, 3.63) is 58.1 Å². The Morgan fingerprint density at radius 1 is 1.29 bits per heavy atom. The molecule has 2 N–H and O–H groups in total. The quantitative estimate of drug-likeness (QED) is 0.205. The minimum atomic E-state index is -1.31. The number of halogens is 2. The van der Waals surface area contributed by atoms with Crippen molar-refractivity contribution in [2.45, 2.75) is 11.4 Å². The molecule has 2 aromatic rings. The van der Waals surface area contributed by atoms with Gasteiger partial charge in [0.05, 0.1) is 10.6 Å². The SMILES string of the molecule is CC(Cl)(Cl)Nc1ccccc1OC(=O)c1cc([N+](=O)[O-])ccc1O. The van der Waals surface area contributed by atoms with E-state index >= 15 is 0 Å². The van der Waals surface area contributed by atoms with Gasteiger partial charge in [-0.3, -0.25) is 10.1 Å². The Labute approximate surface area is 146 Å². The van der Waals surface area contributed by atoms with Gasteiger partial charge >= 0.3 is 5.97 Å². The Hall–Kier alpha value is -2.51. The van der Waals surface area contributed by atoms with Crippen molar-refractivity contribution in [1.82, 2.24) is 0 Å². The molecule has 0 aliphatic heterocycles. The third-order valence-corrected chi connectivity index (χ3v) is 3.04. The highest BCUT2D eigenvalue weighted by Crippen LogP contribution is 2.32. The summed E-state index contributed by atoms with van der Waals surface area (Å²) in [6, 6.07) is 9.40. The molecule has 0 aliphatic carbocycles. The smallest absolute Gasteiger partial charge is 0.347 e. The molecular formula is C15H12Cl2N2O5. The third kappa shape index (κ3) is 4.50. The highest BCUT2D eigenvalue weighted by atomic mass is 35.5. The maximum atomic E-state index is 12.2. The number of phenolic OH excluding ortho intramolecular Hbond substituents is 1. The lowest BCUT2D eigenvalue weighted by Crippen LogP contribution is -2.20. The van der Waals surface area contributed by atoms with Gasteiger partial charge in [0.1, 0.15) is 11.3 Å². The molecule has 0 aliphatic rings. The van der Waals surface area contributed by atoms with E-state index < -0.39 is 21.1 Å². The van der Waals surface area contributed by atoms with Gasteiger partial charge in [-0.05, 0) is 25.1 Å². The number of phenols is 1. The summed E-state index contributed by atoms with van der Waals surface area (Å²) < 4.78 is 3.88. The summed E-state index contributed by atoms with van der Waals surface area (Å²) >= 11 is 11.7. The van der Waals surface area contributed by atoms with E-state index in [0.29, 0.717) is 5.69 Å². The Bertz CT molecular complexity index is 790. The van der Waals surface area contributed by atoms with Gasteiger partial charge in [-0.15, -0.1) is 0 Å². The topological polar surface area (TPSA) is 102 Å². The van der Waals surface area contributed by atoms with Crippen LogP contribution in [0.25, 0.3) is 0 Å². The monoisotopic (exact) mass is 370 g/mol. The first-order valence-electron chi connectivity index (χ1n) is 6.62. The molecule has 7 nitrogen and oxygen atoms in total. The van der Waals surface area contributed by atoms with Crippen LogP contribution in [0, 0.1) is 10.1 Å². The average molecular weight is 371 g/mol. The predicted molar refractivity (Wildman–Crippen MR) is 89.9 cm³/mol. The fourth-order valence-corrected chi connectivity index (χ4v) is 2.05. The van der Waals surface area contributed by atoms with E-state index in [2.05, 4.69) is 5.32 Å². The van der Waals surface area contributed by atoms with Crippen LogP contribution in [0.2, 0.25) is 0 Å². The molecule has 0 unspecified atom stereocenters. The first-order chi connectivity index (χ1) is 11.2. The number of nitro benzene ring substituents is 1. The van der Waals surface area contributed by atoms with Gasteiger partial charge < -0.3 is 15.2 Å². The van der Waals surface area contributed by atoms with Crippen molar-refractivity contribution >= 4 is 40.5 Å². The van der Waals surface area contributed by atoms with E-state index in [4.69, 9.17) is 27.9 Å². The zero-order valence-corrected chi connectivity index (χ0v) is 13.8. The average Bonchev–Trinajstić information content (AvgIpc) is 2.48. The largest absolute Gasteiger partial charge is 0.507 e. The summed E-state index contributed by atoms with van der Waals surface area (Å²) in [7, 11) is 0. The summed E-state index contributed by atoms with van der Waals surface area (Å²) in [4.78, 5) is 22.3. The molecule has 0 bridgehead atoms. The number of aromatic hydroxyl groups is 1. The molecular weight excluding hydrogens is 359 g/mol. The minimum absolute atomic E-state index is 0.0981. The molecule has 0 atom stereocenters. The van der Waals surface area contributed by atoms with Crippen molar-refractivity contribution in [2.75, 3.05) is 5.32 Å². The van der Waals surface area contributed by atoms with Crippen LogP contribution in [0.3, 0.4) is 0 Å². The maximum Gasteiger partial charge on any atom is 0.347 e. The second kappa shape index (κ2) is 6.94. The molecule has 126 valence electrons. The van der Waals surface area contributed by atoms with Crippen LogP contribution in [0.5, 0.6) is 11.5 Å². The van der Waals surface area contributed by atoms with Crippen molar-refractivity contribution < 1.29 is 19.6 Å². The van der Waals surface area contributed by atoms with Crippen LogP contribution in [-0.2, 0) is 0 Å². The van der Waals surface area contributed by atoms with E-state index in [1.165, 1.54) is 13.0 Å². The molecule has 24 heavy (non-hydrogen) atoms. The molecule has 0 aromatic heterocycles. The summed E-state index contributed by atoms with van der Waals surface area (Å²) in [6.45, 7) is 1.49. The van der Waals surface area contributed by atoms with Gasteiger partial charge in [0.25, 0.3) is 5.69 Å². The second-order valence-electron chi connectivity index (χ2n) is 4.86. The first-order valence-corrected chi connectivity index (χ1v) is 7.37. The van der Waals surface area contributed by atoms with Crippen LogP contribution in [0.15, 0.2) is 42.5 Å². The van der Waals surface area contributed by atoms with Gasteiger partial charge in [0.15, 0.2) is 10.2 Å². The summed E-state index contributed by atoms with van der Waals surface area (Å²) in [5.74, 6) is -1.30. The van der Waals surface area contributed by atoms with Crippen LogP contribution in [0.1, 0.15) is 17.3 Å². The van der Waals surface area contributed by atoms with E-state index in [-0.39, 0.29) is 17.0 Å². The number of carbonyl (C=O) groups excluding carboxylic acids is 1. The Kier molecular flexibility index (Phi) is 5.16. The number of nitrogens with one attached hydrogen (secondary N) is 1. The van der Waals surface area contributed by atoms with Crippen molar-refractivity contribution in [1.29, 1.82) is 0 Å². The lowest BCUT2D eigenvalue weighted by Gasteiger charge is -2.19. The maximum absolute atomic E-state index is 12.2. The number of esters is 1. The fourth-order valence-electron chi connectivity index (χ4n) is 1.85. The Morgan fingerprint density at radius 2 is 1.96 bits per heavy atom. The standard InChI is InChI=1S/C15H12Cl2N2O5/c1-15(16,17)18-11-4-2-3-5-13(11)24-14(21)10-8-9(19(22)23)6-7-12(10)20/h2-8,18,20H,1H3. The predicted octanol–water partition coefficient (Wildman–Crippen LogP) is 4.08. The highest BCUT2D eigenvalue weighted by molar-refractivity contribution is 6.49. The highest BCUT2D eigenvalue weighted by Gasteiger charge is 2.22. The lowest BCUT2D eigenvalue weighted by molar-refractivity contribution is -0.384. The number of hydrogen-bond acceptors (Lipinski definition) is 6. The van der Waals surface area contributed by atoms with E-state index in [1.807, 2.05) is 0 Å². The Morgan fingerprint density at radius 3 is 2.58 bits per heavy atom. The minimum Gasteiger partial charge on any atom is -0.507 e. The number of nitro groups is 1. The number of rotatable bonds is 5. The number of benzene rings is 2.